The normalized spacial score (nSPS) is 11.0. The van der Waals surface area contributed by atoms with Crippen LogP contribution in [0.5, 0.6) is 11.5 Å². The lowest BCUT2D eigenvalue weighted by Crippen LogP contribution is -2.10. The Balaban J connectivity index is 2.38. The summed E-state index contributed by atoms with van der Waals surface area (Å²) in [5.74, 6) is 0.437. The van der Waals surface area contributed by atoms with Crippen LogP contribution in [0.25, 0.3) is 0 Å². The maximum Gasteiger partial charge on any atom is 0.339 e. The molecule has 0 amide bonds. The first-order valence-electron chi connectivity index (χ1n) is 5.86. The fourth-order valence-electron chi connectivity index (χ4n) is 1.62. The third kappa shape index (κ3) is 3.46. The molecule has 22 heavy (non-hydrogen) atoms. The molecule has 0 saturated heterocycles. The minimum atomic E-state index is -4.23. The highest BCUT2D eigenvalue weighted by molar-refractivity contribution is 7.87. The van der Waals surface area contributed by atoms with Gasteiger partial charge in [0.15, 0.2) is 0 Å². The van der Waals surface area contributed by atoms with Gasteiger partial charge in [0.25, 0.3) is 5.69 Å². The van der Waals surface area contributed by atoms with E-state index in [0.717, 1.165) is 18.2 Å². The van der Waals surface area contributed by atoms with Crippen LogP contribution in [0.4, 0.5) is 5.69 Å². The number of hydrogen-bond acceptors (Lipinski definition) is 6. The van der Waals surface area contributed by atoms with Crippen LogP contribution in [-0.4, -0.2) is 20.5 Å². The maximum atomic E-state index is 12.2. The fraction of sp³-hybridized carbons (Fsp3) is 0.0769. The van der Waals surface area contributed by atoms with Crippen molar-refractivity contribution in [2.24, 2.45) is 0 Å². The van der Waals surface area contributed by atoms with Crippen LogP contribution in [0.3, 0.4) is 0 Å². The molecule has 2 aromatic carbocycles. The molecule has 0 fully saturated rings. The van der Waals surface area contributed by atoms with E-state index in [2.05, 4.69) is 0 Å². The third-order valence-corrected chi connectivity index (χ3v) is 4.21. The summed E-state index contributed by atoms with van der Waals surface area (Å²) in [4.78, 5) is 9.67. The molecular formula is C13H10ClNO6S. The van der Waals surface area contributed by atoms with Gasteiger partial charge >= 0.3 is 10.1 Å². The molecule has 0 saturated carbocycles. The van der Waals surface area contributed by atoms with Crippen LogP contribution in [-0.2, 0) is 10.1 Å². The average Bonchev–Trinajstić information content (AvgIpc) is 2.46. The largest absolute Gasteiger partial charge is 0.497 e. The first-order valence-corrected chi connectivity index (χ1v) is 7.64. The maximum absolute atomic E-state index is 12.2. The molecule has 0 bridgehead atoms. The van der Waals surface area contributed by atoms with E-state index in [1.807, 2.05) is 0 Å². The van der Waals surface area contributed by atoms with Gasteiger partial charge in [0, 0.05) is 12.1 Å². The first-order chi connectivity index (χ1) is 10.3. The van der Waals surface area contributed by atoms with Crippen LogP contribution < -0.4 is 8.92 Å². The Kier molecular flexibility index (Phi) is 4.53. The van der Waals surface area contributed by atoms with Crippen molar-refractivity contribution in [2.45, 2.75) is 4.90 Å². The zero-order valence-electron chi connectivity index (χ0n) is 11.2. The third-order valence-electron chi connectivity index (χ3n) is 2.65. The number of nitro groups is 1. The summed E-state index contributed by atoms with van der Waals surface area (Å²) in [5.41, 5.74) is -0.517. The lowest BCUT2D eigenvalue weighted by atomic mass is 10.3. The molecule has 2 aromatic rings. The summed E-state index contributed by atoms with van der Waals surface area (Å²) >= 11 is 5.65. The predicted octanol–water partition coefficient (Wildman–Crippen LogP) is 3.02. The van der Waals surface area contributed by atoms with Crippen LogP contribution >= 0.6 is 11.6 Å². The topological polar surface area (TPSA) is 95.7 Å². The molecule has 0 atom stereocenters. The molecule has 7 nitrogen and oxygen atoms in total. The van der Waals surface area contributed by atoms with Gasteiger partial charge in [0.1, 0.15) is 21.4 Å². The summed E-state index contributed by atoms with van der Waals surface area (Å²) < 4.78 is 34.2. The number of nitrogens with zero attached hydrogens (tertiary/aromatic N) is 1. The number of hydrogen-bond donors (Lipinski definition) is 0. The minimum Gasteiger partial charge on any atom is -0.497 e. The van der Waals surface area contributed by atoms with Gasteiger partial charge in [-0.05, 0) is 24.3 Å². The molecule has 0 aliphatic carbocycles. The molecule has 0 heterocycles. The molecule has 0 aliphatic heterocycles. The minimum absolute atomic E-state index is 0.0250. The standard InChI is InChI=1S/C13H10ClNO6S/c1-20-9-3-2-4-10(7-9)21-22(18,19)11-5-6-12(14)13(8-11)15(16)17/h2-8H,1H3. The Morgan fingerprint density at radius 3 is 2.45 bits per heavy atom. The van der Waals surface area contributed by atoms with Gasteiger partial charge < -0.3 is 8.92 Å². The molecule has 0 unspecified atom stereocenters. The summed E-state index contributed by atoms with van der Waals surface area (Å²) in [7, 11) is -2.80. The number of methoxy groups -OCH3 is 1. The Morgan fingerprint density at radius 2 is 1.82 bits per heavy atom. The Hall–Kier alpha value is -2.32. The van der Waals surface area contributed by atoms with Crippen molar-refractivity contribution < 1.29 is 22.3 Å². The van der Waals surface area contributed by atoms with Crippen molar-refractivity contribution in [3.63, 3.8) is 0 Å². The number of rotatable bonds is 5. The molecule has 0 aromatic heterocycles. The van der Waals surface area contributed by atoms with Gasteiger partial charge in [0.2, 0.25) is 0 Å². The zero-order valence-corrected chi connectivity index (χ0v) is 12.8. The van der Waals surface area contributed by atoms with Crippen LogP contribution in [0.2, 0.25) is 5.02 Å². The quantitative estimate of drug-likeness (QED) is 0.470. The van der Waals surface area contributed by atoms with Gasteiger partial charge in [-0.3, -0.25) is 10.1 Å². The van der Waals surface area contributed by atoms with Gasteiger partial charge in [-0.25, -0.2) is 0 Å². The van der Waals surface area contributed by atoms with E-state index in [0.29, 0.717) is 5.75 Å². The summed E-state index contributed by atoms with van der Waals surface area (Å²) in [5, 5.41) is 10.6. The zero-order chi connectivity index (χ0) is 16.3. The monoisotopic (exact) mass is 343 g/mol. The van der Waals surface area contributed by atoms with Crippen molar-refractivity contribution in [3.05, 3.63) is 57.6 Å². The lowest BCUT2D eigenvalue weighted by Gasteiger charge is -2.08. The molecule has 0 N–H and O–H groups in total. The summed E-state index contributed by atoms with van der Waals surface area (Å²) in [6.07, 6.45) is 0. The van der Waals surface area contributed by atoms with Gasteiger partial charge in [-0.2, -0.15) is 8.42 Å². The highest BCUT2D eigenvalue weighted by atomic mass is 35.5. The summed E-state index contributed by atoms with van der Waals surface area (Å²) in [6.45, 7) is 0. The second-order valence-electron chi connectivity index (χ2n) is 4.09. The Labute approximate surface area is 131 Å². The number of benzene rings is 2. The van der Waals surface area contributed by atoms with E-state index < -0.39 is 20.7 Å². The van der Waals surface area contributed by atoms with Crippen molar-refractivity contribution in [3.8, 4) is 11.5 Å². The smallest absolute Gasteiger partial charge is 0.339 e. The second-order valence-corrected chi connectivity index (χ2v) is 6.04. The Morgan fingerprint density at radius 1 is 1.14 bits per heavy atom. The molecular weight excluding hydrogens is 334 g/mol. The van der Waals surface area contributed by atoms with E-state index in [4.69, 9.17) is 20.5 Å². The SMILES string of the molecule is COc1cccc(OS(=O)(=O)c2ccc(Cl)c([N+](=O)[O-])c2)c1. The van der Waals surface area contributed by atoms with Gasteiger partial charge in [0.05, 0.1) is 12.0 Å². The van der Waals surface area contributed by atoms with Crippen molar-refractivity contribution >= 4 is 27.4 Å². The van der Waals surface area contributed by atoms with E-state index >= 15 is 0 Å². The van der Waals surface area contributed by atoms with E-state index in [1.165, 1.54) is 19.2 Å². The number of halogens is 1. The molecule has 116 valence electrons. The van der Waals surface area contributed by atoms with Gasteiger partial charge in [-0.1, -0.05) is 17.7 Å². The average molecular weight is 344 g/mol. The van der Waals surface area contributed by atoms with E-state index in [-0.39, 0.29) is 15.7 Å². The molecule has 2 rings (SSSR count). The van der Waals surface area contributed by atoms with E-state index in [9.17, 15) is 18.5 Å². The van der Waals surface area contributed by atoms with Crippen molar-refractivity contribution in [1.82, 2.24) is 0 Å². The van der Waals surface area contributed by atoms with Crippen LogP contribution in [0, 0.1) is 10.1 Å². The molecule has 0 radical (unpaired) electrons. The van der Waals surface area contributed by atoms with Crippen LogP contribution in [0.15, 0.2) is 47.4 Å². The van der Waals surface area contributed by atoms with E-state index in [1.54, 1.807) is 12.1 Å². The number of ether oxygens (including phenoxy) is 1. The molecule has 9 heteroatoms. The molecule has 0 spiro atoms. The van der Waals surface area contributed by atoms with Crippen molar-refractivity contribution in [1.29, 1.82) is 0 Å². The van der Waals surface area contributed by atoms with Gasteiger partial charge in [-0.15, -0.1) is 0 Å². The second kappa shape index (κ2) is 6.20. The summed E-state index contributed by atoms with van der Waals surface area (Å²) in [6, 6.07) is 9.07. The predicted molar refractivity (Wildman–Crippen MR) is 78.9 cm³/mol. The number of nitro benzene ring substituents is 1. The molecule has 0 aliphatic rings. The lowest BCUT2D eigenvalue weighted by molar-refractivity contribution is -0.384. The highest BCUT2D eigenvalue weighted by Gasteiger charge is 2.22. The fourth-order valence-corrected chi connectivity index (χ4v) is 2.75. The van der Waals surface area contributed by atoms with Crippen LogP contribution in [0.1, 0.15) is 0 Å². The first kappa shape index (κ1) is 16.1. The Bertz CT molecular complexity index is 821. The highest BCUT2D eigenvalue weighted by Crippen LogP contribution is 2.29. The van der Waals surface area contributed by atoms with Crippen molar-refractivity contribution in [2.75, 3.05) is 7.11 Å².